The van der Waals surface area contributed by atoms with E-state index in [0.717, 1.165) is 50.7 Å². The van der Waals surface area contributed by atoms with Gasteiger partial charge in [-0.05, 0) is 53.3 Å². The van der Waals surface area contributed by atoms with Crippen LogP contribution in [0.2, 0.25) is 0 Å². The Hall–Kier alpha value is -3.92. The molecule has 2 aromatic heterocycles. The summed E-state index contributed by atoms with van der Waals surface area (Å²) in [7, 11) is 1.65. The first kappa shape index (κ1) is 18.8. The van der Waals surface area contributed by atoms with Crippen molar-refractivity contribution < 1.29 is 4.74 Å². The molecule has 156 valence electrons. The van der Waals surface area contributed by atoms with Crippen molar-refractivity contribution in [3.8, 4) is 16.9 Å². The topological polar surface area (TPSA) is 44.1 Å². The molecule has 1 saturated carbocycles. The van der Waals surface area contributed by atoms with E-state index in [1.165, 1.54) is 0 Å². The van der Waals surface area contributed by atoms with Gasteiger partial charge in [-0.3, -0.25) is 9.78 Å². The lowest BCUT2D eigenvalue weighted by Crippen LogP contribution is -2.19. The van der Waals surface area contributed by atoms with Crippen LogP contribution in [0.25, 0.3) is 32.8 Å². The van der Waals surface area contributed by atoms with Crippen molar-refractivity contribution >= 4 is 21.7 Å². The second kappa shape index (κ2) is 7.34. The molecule has 1 aliphatic carbocycles. The number of nitrogens with zero attached hydrogens (tertiary/aromatic N) is 2. The van der Waals surface area contributed by atoms with Crippen LogP contribution in [-0.2, 0) is 0 Å². The van der Waals surface area contributed by atoms with Gasteiger partial charge in [-0.25, -0.2) is 0 Å². The number of hydrogen-bond acceptors (Lipinski definition) is 3. The number of fused-ring (bicyclic) bond motifs is 2. The first-order chi connectivity index (χ1) is 15.7. The first-order valence-electron chi connectivity index (χ1n) is 10.9. The van der Waals surface area contributed by atoms with E-state index in [-0.39, 0.29) is 17.5 Å². The summed E-state index contributed by atoms with van der Waals surface area (Å²) in [6, 6.07) is 28.5. The molecule has 32 heavy (non-hydrogen) atoms. The van der Waals surface area contributed by atoms with E-state index >= 15 is 0 Å². The second-order valence-corrected chi connectivity index (χ2v) is 8.36. The Morgan fingerprint density at radius 2 is 1.69 bits per heavy atom. The fourth-order valence-corrected chi connectivity index (χ4v) is 4.67. The summed E-state index contributed by atoms with van der Waals surface area (Å²) in [5, 5.41) is 2.86. The molecule has 1 aliphatic rings. The molecule has 0 spiro atoms. The van der Waals surface area contributed by atoms with Gasteiger partial charge in [0.1, 0.15) is 5.75 Å². The lowest BCUT2D eigenvalue weighted by Gasteiger charge is -2.11. The summed E-state index contributed by atoms with van der Waals surface area (Å²) >= 11 is 0. The Kier molecular flexibility index (Phi) is 4.32. The van der Waals surface area contributed by atoms with Crippen molar-refractivity contribution in [3.63, 3.8) is 0 Å². The Balaban J connectivity index is 1.41. The quantitative estimate of drug-likeness (QED) is 0.362. The minimum atomic E-state index is 0.0576. The summed E-state index contributed by atoms with van der Waals surface area (Å²) < 4.78 is 7.18. The molecule has 0 unspecified atom stereocenters. The van der Waals surface area contributed by atoms with Crippen molar-refractivity contribution in [1.82, 2.24) is 9.55 Å². The van der Waals surface area contributed by atoms with Gasteiger partial charge in [0.2, 0.25) is 0 Å². The van der Waals surface area contributed by atoms with Gasteiger partial charge in [-0.2, -0.15) is 0 Å². The molecular formula is C28H22N2O2. The molecule has 0 bridgehead atoms. The number of hydrogen-bond donors (Lipinski definition) is 0. The van der Waals surface area contributed by atoms with Gasteiger partial charge in [0.05, 0.1) is 18.0 Å². The van der Waals surface area contributed by atoms with Crippen molar-refractivity contribution in [2.45, 2.75) is 18.4 Å². The highest BCUT2D eigenvalue weighted by Gasteiger charge is 2.41. The maximum absolute atomic E-state index is 13.6. The number of rotatable bonds is 4. The standard InChI is InChI=1S/C28H22N2O2/c1-32-21-12-9-18(10-13-21)22-7-4-6-20-15-16-30(28(31)27(20)22)26-17-23(26)25-14-11-19-5-2-3-8-24(19)29-25/h2-16,23,26H,17H2,1H3/t23-,26-/m1/s1. The van der Waals surface area contributed by atoms with Crippen LogP contribution >= 0.6 is 0 Å². The minimum absolute atomic E-state index is 0.0576. The van der Waals surface area contributed by atoms with Gasteiger partial charge in [0.15, 0.2) is 0 Å². The second-order valence-electron chi connectivity index (χ2n) is 8.36. The van der Waals surface area contributed by atoms with E-state index in [4.69, 9.17) is 9.72 Å². The molecule has 4 nitrogen and oxygen atoms in total. The molecule has 4 heteroatoms. The van der Waals surface area contributed by atoms with E-state index in [1.54, 1.807) is 7.11 Å². The third kappa shape index (κ3) is 3.07. The van der Waals surface area contributed by atoms with Gasteiger partial charge in [0, 0.05) is 29.2 Å². The van der Waals surface area contributed by atoms with Crippen LogP contribution < -0.4 is 10.3 Å². The van der Waals surface area contributed by atoms with Crippen LogP contribution in [0.15, 0.2) is 95.9 Å². The number of ether oxygens (including phenoxy) is 1. The van der Waals surface area contributed by atoms with E-state index in [1.807, 2.05) is 77.5 Å². The van der Waals surface area contributed by atoms with Crippen molar-refractivity contribution in [1.29, 1.82) is 0 Å². The molecule has 0 saturated heterocycles. The van der Waals surface area contributed by atoms with Crippen molar-refractivity contribution in [3.05, 3.63) is 107 Å². The highest BCUT2D eigenvalue weighted by Crippen LogP contribution is 2.50. The van der Waals surface area contributed by atoms with Crippen LogP contribution in [0.5, 0.6) is 5.75 Å². The van der Waals surface area contributed by atoms with Crippen LogP contribution in [0.4, 0.5) is 0 Å². The average molecular weight is 418 g/mol. The number of benzene rings is 3. The van der Waals surface area contributed by atoms with Crippen LogP contribution in [0.1, 0.15) is 24.1 Å². The summed E-state index contributed by atoms with van der Waals surface area (Å²) in [5.74, 6) is 1.07. The Morgan fingerprint density at radius 1 is 0.875 bits per heavy atom. The van der Waals surface area contributed by atoms with E-state index in [9.17, 15) is 4.79 Å². The zero-order valence-corrected chi connectivity index (χ0v) is 17.7. The Labute approximate surface area is 185 Å². The normalized spacial score (nSPS) is 17.5. The smallest absolute Gasteiger partial charge is 0.259 e. The maximum Gasteiger partial charge on any atom is 0.259 e. The van der Waals surface area contributed by atoms with Crippen molar-refractivity contribution in [2.24, 2.45) is 0 Å². The predicted molar refractivity (Wildman–Crippen MR) is 128 cm³/mol. The lowest BCUT2D eigenvalue weighted by molar-refractivity contribution is 0.415. The summed E-state index contributed by atoms with van der Waals surface area (Å²) in [4.78, 5) is 18.5. The lowest BCUT2D eigenvalue weighted by atomic mass is 9.99. The summed E-state index contributed by atoms with van der Waals surface area (Å²) in [6.07, 6.45) is 2.87. The molecule has 0 N–H and O–H groups in total. The van der Waals surface area contributed by atoms with Crippen LogP contribution in [-0.4, -0.2) is 16.7 Å². The van der Waals surface area contributed by atoms with Gasteiger partial charge < -0.3 is 9.30 Å². The highest BCUT2D eigenvalue weighted by atomic mass is 16.5. The SMILES string of the molecule is COc1ccc(-c2cccc3ccn([C@@H]4C[C@@H]4c4ccc5ccccc5n4)c(=O)c23)cc1. The first-order valence-corrected chi connectivity index (χ1v) is 10.9. The fraction of sp³-hybridized carbons (Fsp3) is 0.143. The van der Waals surface area contributed by atoms with Crippen LogP contribution in [0.3, 0.4) is 0 Å². The molecular weight excluding hydrogens is 396 g/mol. The molecule has 6 rings (SSSR count). The number of aromatic nitrogens is 2. The molecule has 2 heterocycles. The zero-order valence-electron chi connectivity index (χ0n) is 17.7. The number of pyridine rings is 2. The van der Waals surface area contributed by atoms with Gasteiger partial charge in [0.25, 0.3) is 5.56 Å². The van der Waals surface area contributed by atoms with Crippen molar-refractivity contribution in [2.75, 3.05) is 7.11 Å². The molecule has 3 aromatic carbocycles. The maximum atomic E-state index is 13.6. The highest BCUT2D eigenvalue weighted by molar-refractivity contribution is 5.96. The summed E-state index contributed by atoms with van der Waals surface area (Å²) in [5.41, 5.74) is 4.08. The molecule has 2 atom stereocenters. The largest absolute Gasteiger partial charge is 0.497 e. The van der Waals surface area contributed by atoms with Gasteiger partial charge in [-0.1, -0.05) is 54.6 Å². The molecule has 0 radical (unpaired) electrons. The molecule has 0 aliphatic heterocycles. The van der Waals surface area contributed by atoms with E-state index < -0.39 is 0 Å². The van der Waals surface area contributed by atoms with Crippen LogP contribution in [0, 0.1) is 0 Å². The predicted octanol–water partition coefficient (Wildman–Crippen LogP) is 5.95. The Morgan fingerprint density at radius 3 is 2.53 bits per heavy atom. The third-order valence-corrected chi connectivity index (χ3v) is 6.47. The molecule has 1 fully saturated rings. The van der Waals surface area contributed by atoms with E-state index in [0.29, 0.717) is 0 Å². The van der Waals surface area contributed by atoms with E-state index in [2.05, 4.69) is 18.2 Å². The zero-order chi connectivity index (χ0) is 21.7. The van der Waals surface area contributed by atoms with Gasteiger partial charge in [-0.15, -0.1) is 0 Å². The third-order valence-electron chi connectivity index (χ3n) is 6.47. The minimum Gasteiger partial charge on any atom is -0.497 e. The molecule has 5 aromatic rings. The summed E-state index contributed by atoms with van der Waals surface area (Å²) in [6.45, 7) is 0. The molecule has 0 amide bonds. The monoisotopic (exact) mass is 418 g/mol. The number of para-hydroxylation sites is 1. The Bertz CT molecular complexity index is 1520. The number of methoxy groups -OCH3 is 1. The fourth-order valence-electron chi connectivity index (χ4n) is 4.67. The average Bonchev–Trinajstić information content (AvgIpc) is 3.64. The van der Waals surface area contributed by atoms with Gasteiger partial charge >= 0.3 is 0 Å².